The Hall–Kier alpha value is -2.21. The second-order valence-electron chi connectivity index (χ2n) is 4.02. The number of carbonyl (C=O) groups excluding carboxylic acids is 2. The van der Waals surface area contributed by atoms with E-state index in [0.29, 0.717) is 22.2 Å². The fourth-order valence-corrected chi connectivity index (χ4v) is 2.20. The zero-order valence-corrected chi connectivity index (χ0v) is 11.7. The number of ketones is 1. The van der Waals surface area contributed by atoms with E-state index in [0.717, 1.165) is 0 Å². The molecule has 0 aliphatic rings. The van der Waals surface area contributed by atoms with Crippen molar-refractivity contribution in [3.8, 4) is 0 Å². The van der Waals surface area contributed by atoms with Crippen LogP contribution in [0.25, 0.3) is 0 Å². The van der Waals surface area contributed by atoms with Gasteiger partial charge < -0.3 is 5.32 Å². The second-order valence-corrected chi connectivity index (χ2v) is 5.01. The zero-order chi connectivity index (χ0) is 14.4. The van der Waals surface area contributed by atoms with E-state index in [1.54, 1.807) is 24.3 Å². The zero-order valence-electron chi connectivity index (χ0n) is 10.9. The number of carbonyl (C=O) groups is 2. The van der Waals surface area contributed by atoms with Crippen molar-refractivity contribution in [2.24, 2.45) is 0 Å². The lowest BCUT2D eigenvalue weighted by Crippen LogP contribution is -2.08. The molecule has 1 amide bonds. The van der Waals surface area contributed by atoms with Crippen LogP contribution in [0.3, 0.4) is 0 Å². The van der Waals surface area contributed by atoms with Gasteiger partial charge in [-0.25, -0.2) is 0 Å². The number of anilines is 1. The van der Waals surface area contributed by atoms with Gasteiger partial charge in [-0.3, -0.25) is 9.59 Å². The molecular formula is C14H13N3O2S. The monoisotopic (exact) mass is 287 g/mol. The first kappa shape index (κ1) is 14.2. The van der Waals surface area contributed by atoms with Gasteiger partial charge in [-0.05, 0) is 12.1 Å². The predicted octanol–water partition coefficient (Wildman–Crippen LogP) is 2.41. The summed E-state index contributed by atoms with van der Waals surface area (Å²) in [7, 11) is 0. The summed E-state index contributed by atoms with van der Waals surface area (Å²) in [6, 6.07) is 12.5. The van der Waals surface area contributed by atoms with Gasteiger partial charge in [0, 0.05) is 12.5 Å². The predicted molar refractivity (Wildman–Crippen MR) is 77.8 cm³/mol. The summed E-state index contributed by atoms with van der Waals surface area (Å²) in [5, 5.41) is 11.0. The largest absolute Gasteiger partial charge is 0.309 e. The van der Waals surface area contributed by atoms with Crippen LogP contribution in [0.5, 0.6) is 0 Å². The summed E-state index contributed by atoms with van der Waals surface area (Å²) >= 11 is 1.32. The van der Waals surface area contributed by atoms with Crippen molar-refractivity contribution in [2.75, 3.05) is 11.1 Å². The molecular weight excluding hydrogens is 274 g/mol. The van der Waals surface area contributed by atoms with Crippen molar-refractivity contribution < 1.29 is 9.59 Å². The van der Waals surface area contributed by atoms with Crippen molar-refractivity contribution in [3.63, 3.8) is 0 Å². The molecule has 1 heterocycles. The molecule has 6 heteroatoms. The lowest BCUT2D eigenvalue weighted by molar-refractivity contribution is -0.114. The van der Waals surface area contributed by atoms with Gasteiger partial charge in [0.1, 0.15) is 5.03 Å². The van der Waals surface area contributed by atoms with E-state index in [1.807, 2.05) is 18.2 Å². The Balaban J connectivity index is 1.91. The van der Waals surface area contributed by atoms with Crippen molar-refractivity contribution in [1.29, 1.82) is 0 Å². The van der Waals surface area contributed by atoms with Gasteiger partial charge in [0.15, 0.2) is 11.6 Å². The smallest absolute Gasteiger partial charge is 0.222 e. The Morgan fingerprint density at radius 1 is 1.10 bits per heavy atom. The molecule has 0 saturated heterocycles. The number of aromatic nitrogens is 2. The molecule has 0 atom stereocenters. The minimum Gasteiger partial charge on any atom is -0.309 e. The first-order valence-electron chi connectivity index (χ1n) is 5.97. The van der Waals surface area contributed by atoms with E-state index >= 15 is 0 Å². The minimum atomic E-state index is -0.195. The molecule has 0 saturated carbocycles. The van der Waals surface area contributed by atoms with Crippen molar-refractivity contribution >= 4 is 29.3 Å². The number of amides is 1. The second kappa shape index (κ2) is 6.81. The van der Waals surface area contributed by atoms with Crippen LogP contribution in [0.1, 0.15) is 17.3 Å². The van der Waals surface area contributed by atoms with Crippen LogP contribution in [-0.2, 0) is 4.79 Å². The van der Waals surface area contributed by atoms with Crippen LogP contribution >= 0.6 is 11.8 Å². The number of nitrogens with zero attached hydrogens (tertiary/aromatic N) is 2. The topological polar surface area (TPSA) is 72.0 Å². The summed E-state index contributed by atoms with van der Waals surface area (Å²) in [4.78, 5) is 22.7. The number of rotatable bonds is 5. The molecule has 0 spiro atoms. The normalized spacial score (nSPS) is 10.1. The van der Waals surface area contributed by atoms with Crippen molar-refractivity contribution in [1.82, 2.24) is 10.2 Å². The third-order valence-corrected chi connectivity index (χ3v) is 3.31. The van der Waals surface area contributed by atoms with Gasteiger partial charge in [-0.2, -0.15) is 0 Å². The molecule has 5 nitrogen and oxygen atoms in total. The molecule has 0 radical (unpaired) electrons. The maximum absolute atomic E-state index is 11.9. The third-order valence-electron chi connectivity index (χ3n) is 2.39. The molecule has 0 aliphatic carbocycles. The van der Waals surface area contributed by atoms with E-state index in [9.17, 15) is 9.59 Å². The number of hydrogen-bond donors (Lipinski definition) is 1. The quantitative estimate of drug-likeness (QED) is 0.675. The molecule has 1 N–H and O–H groups in total. The van der Waals surface area contributed by atoms with Crippen molar-refractivity contribution in [3.05, 3.63) is 48.0 Å². The van der Waals surface area contributed by atoms with E-state index in [2.05, 4.69) is 15.5 Å². The van der Waals surface area contributed by atoms with Crippen LogP contribution in [0.15, 0.2) is 47.5 Å². The highest BCUT2D eigenvalue weighted by molar-refractivity contribution is 7.99. The molecule has 0 bridgehead atoms. The fourth-order valence-electron chi connectivity index (χ4n) is 1.49. The Morgan fingerprint density at radius 2 is 1.85 bits per heavy atom. The summed E-state index contributed by atoms with van der Waals surface area (Å²) in [6.45, 7) is 1.41. The maximum atomic E-state index is 11.9. The first-order chi connectivity index (χ1) is 9.65. The Kier molecular flexibility index (Phi) is 4.84. The average Bonchev–Trinajstić information content (AvgIpc) is 2.46. The Bertz CT molecular complexity index is 600. The van der Waals surface area contributed by atoms with Gasteiger partial charge in [-0.15, -0.1) is 10.2 Å². The van der Waals surface area contributed by atoms with Crippen LogP contribution in [0, 0.1) is 0 Å². The molecule has 0 aliphatic heterocycles. The Morgan fingerprint density at radius 3 is 2.45 bits per heavy atom. The molecule has 1 aromatic heterocycles. The minimum absolute atomic E-state index is 0.0448. The molecule has 1 aromatic carbocycles. The SMILES string of the molecule is CC(=O)Nc1ccc(SCC(=O)c2ccccc2)nn1. The molecule has 2 rings (SSSR count). The van der Waals surface area contributed by atoms with Crippen LogP contribution in [0.2, 0.25) is 0 Å². The summed E-state index contributed by atoms with van der Waals surface area (Å²) in [5.74, 6) is 0.552. The fraction of sp³-hybridized carbons (Fsp3) is 0.143. The van der Waals surface area contributed by atoms with Gasteiger partial charge >= 0.3 is 0 Å². The standard InChI is InChI=1S/C14H13N3O2S/c1-10(18)15-13-7-8-14(17-16-13)20-9-12(19)11-5-3-2-4-6-11/h2-8H,9H2,1H3,(H,15,16,18). The Labute approximate surface area is 120 Å². The highest BCUT2D eigenvalue weighted by Gasteiger charge is 2.07. The molecule has 102 valence electrons. The first-order valence-corrected chi connectivity index (χ1v) is 6.96. The highest BCUT2D eigenvalue weighted by atomic mass is 32.2. The van der Waals surface area contributed by atoms with Crippen LogP contribution in [0.4, 0.5) is 5.82 Å². The summed E-state index contributed by atoms with van der Waals surface area (Å²) < 4.78 is 0. The molecule has 0 unspecified atom stereocenters. The van der Waals surface area contributed by atoms with Gasteiger partial charge in [0.05, 0.1) is 5.75 Å². The average molecular weight is 287 g/mol. The third kappa shape index (κ3) is 4.17. The van der Waals surface area contributed by atoms with E-state index in [1.165, 1.54) is 18.7 Å². The summed E-state index contributed by atoms with van der Waals surface area (Å²) in [5.41, 5.74) is 0.683. The van der Waals surface area contributed by atoms with Crippen molar-refractivity contribution in [2.45, 2.75) is 11.9 Å². The number of hydrogen-bond acceptors (Lipinski definition) is 5. The van der Waals surface area contributed by atoms with Crippen LogP contribution in [-0.4, -0.2) is 27.6 Å². The molecule has 2 aromatic rings. The highest BCUT2D eigenvalue weighted by Crippen LogP contribution is 2.17. The van der Waals surface area contributed by atoms with Crippen LogP contribution < -0.4 is 5.32 Å². The lowest BCUT2D eigenvalue weighted by atomic mass is 10.2. The molecule has 0 fully saturated rings. The lowest BCUT2D eigenvalue weighted by Gasteiger charge is -2.02. The van der Waals surface area contributed by atoms with Gasteiger partial charge in [-0.1, -0.05) is 42.1 Å². The number of nitrogens with one attached hydrogen (secondary N) is 1. The number of benzene rings is 1. The number of thioether (sulfide) groups is 1. The van der Waals surface area contributed by atoms with E-state index < -0.39 is 0 Å². The molecule has 20 heavy (non-hydrogen) atoms. The number of Topliss-reactive ketones (excluding diaryl/α,β-unsaturated/α-hetero) is 1. The maximum Gasteiger partial charge on any atom is 0.222 e. The van der Waals surface area contributed by atoms with Gasteiger partial charge in [0.2, 0.25) is 5.91 Å². The van der Waals surface area contributed by atoms with Gasteiger partial charge in [0.25, 0.3) is 0 Å². The van der Waals surface area contributed by atoms with E-state index in [-0.39, 0.29) is 11.7 Å². The van der Waals surface area contributed by atoms with E-state index in [4.69, 9.17) is 0 Å². The summed E-state index contributed by atoms with van der Waals surface area (Å²) in [6.07, 6.45) is 0.